The van der Waals surface area contributed by atoms with Gasteiger partial charge >= 0.3 is 0 Å². The predicted molar refractivity (Wildman–Crippen MR) is 105 cm³/mol. The molecule has 28 heavy (non-hydrogen) atoms. The van der Waals surface area contributed by atoms with Crippen molar-refractivity contribution in [1.29, 1.82) is 0 Å². The van der Waals surface area contributed by atoms with Crippen LogP contribution < -0.4 is 10.1 Å². The van der Waals surface area contributed by atoms with E-state index in [4.69, 9.17) is 9.47 Å². The van der Waals surface area contributed by atoms with Gasteiger partial charge in [-0.05, 0) is 42.8 Å². The normalized spacial score (nSPS) is 16.4. The Bertz CT molecular complexity index is 922. The molecule has 0 bridgehead atoms. The highest BCUT2D eigenvalue weighted by molar-refractivity contribution is 7.89. The van der Waals surface area contributed by atoms with Crippen LogP contribution in [-0.4, -0.2) is 52.0 Å². The summed E-state index contributed by atoms with van der Waals surface area (Å²) in [4.78, 5) is 12.8. The smallest absolute Gasteiger partial charge is 0.251 e. The van der Waals surface area contributed by atoms with Gasteiger partial charge < -0.3 is 14.8 Å². The second kappa shape index (κ2) is 8.72. The Labute approximate surface area is 165 Å². The van der Waals surface area contributed by atoms with E-state index < -0.39 is 10.0 Å². The van der Waals surface area contributed by atoms with E-state index in [9.17, 15) is 13.2 Å². The van der Waals surface area contributed by atoms with Crippen LogP contribution in [0.1, 0.15) is 28.9 Å². The summed E-state index contributed by atoms with van der Waals surface area (Å²) < 4.78 is 37.3. The Morgan fingerprint density at radius 2 is 1.82 bits per heavy atom. The second-order valence-electron chi connectivity index (χ2n) is 6.51. The van der Waals surface area contributed by atoms with Crippen molar-refractivity contribution < 1.29 is 22.7 Å². The Morgan fingerprint density at radius 1 is 1.14 bits per heavy atom. The average molecular weight is 404 g/mol. The number of carbonyl (C=O) groups is 1. The van der Waals surface area contributed by atoms with Crippen molar-refractivity contribution in [3.63, 3.8) is 0 Å². The van der Waals surface area contributed by atoms with Crippen molar-refractivity contribution in [2.75, 3.05) is 33.4 Å². The number of benzene rings is 2. The molecule has 1 N–H and O–H groups in total. The lowest BCUT2D eigenvalue weighted by molar-refractivity contribution is 0.0730. The number of rotatable bonds is 6. The van der Waals surface area contributed by atoms with Gasteiger partial charge in [0.1, 0.15) is 5.75 Å². The number of sulfonamides is 1. The molecular formula is C20H24N2O5S. The Morgan fingerprint density at radius 3 is 2.46 bits per heavy atom. The number of amides is 1. The summed E-state index contributed by atoms with van der Waals surface area (Å²) in [5.41, 5.74) is 1.22. The van der Waals surface area contributed by atoms with Crippen LogP contribution in [0.15, 0.2) is 53.4 Å². The van der Waals surface area contributed by atoms with Gasteiger partial charge in [0.2, 0.25) is 10.0 Å². The van der Waals surface area contributed by atoms with Gasteiger partial charge in [0.25, 0.3) is 5.91 Å². The molecule has 0 unspecified atom stereocenters. The molecule has 1 saturated heterocycles. The van der Waals surface area contributed by atoms with E-state index in [1.54, 1.807) is 19.2 Å². The number of hydrogen-bond acceptors (Lipinski definition) is 5. The van der Waals surface area contributed by atoms with E-state index in [0.717, 1.165) is 11.3 Å². The fourth-order valence-corrected chi connectivity index (χ4v) is 4.44. The van der Waals surface area contributed by atoms with E-state index >= 15 is 0 Å². The van der Waals surface area contributed by atoms with Crippen LogP contribution in [0.2, 0.25) is 0 Å². The maximum atomic E-state index is 12.8. The molecular weight excluding hydrogens is 380 g/mol. The summed E-state index contributed by atoms with van der Waals surface area (Å²) in [6.07, 6.45) is 0. The number of carbonyl (C=O) groups excluding carboxylic acids is 1. The van der Waals surface area contributed by atoms with Crippen molar-refractivity contribution in [3.8, 4) is 5.75 Å². The van der Waals surface area contributed by atoms with Gasteiger partial charge in [0, 0.05) is 18.7 Å². The molecule has 1 heterocycles. The van der Waals surface area contributed by atoms with Crippen LogP contribution in [0.3, 0.4) is 0 Å². The van der Waals surface area contributed by atoms with Crippen LogP contribution in [0.25, 0.3) is 0 Å². The molecule has 0 aliphatic carbocycles. The first-order chi connectivity index (χ1) is 13.4. The maximum absolute atomic E-state index is 12.8. The van der Waals surface area contributed by atoms with Crippen LogP contribution in [0, 0.1) is 0 Å². The molecule has 2 aromatic rings. The molecule has 150 valence electrons. The molecule has 8 heteroatoms. The topological polar surface area (TPSA) is 84.9 Å². The number of methoxy groups -OCH3 is 1. The van der Waals surface area contributed by atoms with E-state index in [2.05, 4.69) is 5.32 Å². The lowest BCUT2D eigenvalue weighted by Gasteiger charge is -2.26. The fourth-order valence-electron chi connectivity index (χ4n) is 2.99. The molecule has 0 aromatic heterocycles. The predicted octanol–water partition coefficient (Wildman–Crippen LogP) is 2.21. The third-order valence-electron chi connectivity index (χ3n) is 4.67. The minimum atomic E-state index is -3.65. The van der Waals surface area contributed by atoms with Crippen molar-refractivity contribution in [2.24, 2.45) is 0 Å². The third-order valence-corrected chi connectivity index (χ3v) is 6.56. The zero-order chi connectivity index (χ0) is 20.1. The summed E-state index contributed by atoms with van der Waals surface area (Å²) >= 11 is 0. The third kappa shape index (κ3) is 4.52. The number of nitrogens with zero attached hydrogens (tertiary/aromatic N) is 1. The summed E-state index contributed by atoms with van der Waals surface area (Å²) in [6.45, 7) is 3.24. The van der Waals surface area contributed by atoms with Crippen LogP contribution in [-0.2, 0) is 14.8 Å². The van der Waals surface area contributed by atoms with E-state index in [-0.39, 0.29) is 16.8 Å². The van der Waals surface area contributed by atoms with Gasteiger partial charge in [-0.15, -0.1) is 0 Å². The first-order valence-corrected chi connectivity index (χ1v) is 10.5. The molecule has 1 amide bonds. The Balaban J connectivity index is 1.74. The van der Waals surface area contributed by atoms with E-state index in [1.807, 2.05) is 31.2 Å². The lowest BCUT2D eigenvalue weighted by Crippen LogP contribution is -2.40. The lowest BCUT2D eigenvalue weighted by atomic mass is 10.1. The molecule has 1 aliphatic heterocycles. The van der Waals surface area contributed by atoms with E-state index in [0.29, 0.717) is 31.9 Å². The van der Waals surface area contributed by atoms with E-state index in [1.165, 1.54) is 16.4 Å². The Hall–Kier alpha value is -2.42. The monoisotopic (exact) mass is 404 g/mol. The maximum Gasteiger partial charge on any atom is 0.251 e. The standard InChI is InChI=1S/C20H24N2O5S/c1-15(16-6-8-18(26-2)9-7-16)21-20(23)17-4-3-5-19(14-17)28(24,25)22-10-12-27-13-11-22/h3-9,14-15H,10-13H2,1-2H3,(H,21,23)/t15-/m0/s1. The van der Waals surface area contributed by atoms with Crippen molar-refractivity contribution in [2.45, 2.75) is 17.9 Å². The van der Waals surface area contributed by atoms with Crippen molar-refractivity contribution >= 4 is 15.9 Å². The molecule has 1 aliphatic rings. The molecule has 1 fully saturated rings. The molecule has 0 radical (unpaired) electrons. The number of ether oxygens (including phenoxy) is 2. The van der Waals surface area contributed by atoms with Gasteiger partial charge in [0.05, 0.1) is 31.3 Å². The zero-order valence-corrected chi connectivity index (χ0v) is 16.7. The highest BCUT2D eigenvalue weighted by atomic mass is 32.2. The van der Waals surface area contributed by atoms with Gasteiger partial charge in [-0.3, -0.25) is 4.79 Å². The largest absolute Gasteiger partial charge is 0.497 e. The molecule has 0 saturated carbocycles. The van der Waals surface area contributed by atoms with Crippen molar-refractivity contribution in [1.82, 2.24) is 9.62 Å². The van der Waals surface area contributed by atoms with Gasteiger partial charge in [-0.1, -0.05) is 18.2 Å². The second-order valence-corrected chi connectivity index (χ2v) is 8.45. The van der Waals surface area contributed by atoms with Gasteiger partial charge in [-0.25, -0.2) is 8.42 Å². The molecule has 1 atom stereocenters. The van der Waals surface area contributed by atoms with Crippen LogP contribution in [0.4, 0.5) is 0 Å². The summed E-state index contributed by atoms with van der Waals surface area (Å²) in [6, 6.07) is 13.3. The number of nitrogens with one attached hydrogen (secondary N) is 1. The summed E-state index contributed by atoms with van der Waals surface area (Å²) in [5.74, 6) is 0.408. The minimum Gasteiger partial charge on any atom is -0.497 e. The first kappa shape index (κ1) is 20.3. The Kier molecular flexibility index (Phi) is 6.33. The minimum absolute atomic E-state index is 0.110. The number of hydrogen-bond donors (Lipinski definition) is 1. The molecule has 7 nitrogen and oxygen atoms in total. The van der Waals surface area contributed by atoms with Crippen LogP contribution >= 0.6 is 0 Å². The number of morpholine rings is 1. The first-order valence-electron chi connectivity index (χ1n) is 9.04. The van der Waals surface area contributed by atoms with Gasteiger partial charge in [-0.2, -0.15) is 4.31 Å². The highest BCUT2D eigenvalue weighted by Crippen LogP contribution is 2.20. The van der Waals surface area contributed by atoms with Crippen molar-refractivity contribution in [3.05, 3.63) is 59.7 Å². The summed E-state index contributed by atoms with van der Waals surface area (Å²) in [5, 5.41) is 2.90. The molecule has 0 spiro atoms. The fraction of sp³-hybridized carbons (Fsp3) is 0.350. The summed E-state index contributed by atoms with van der Waals surface area (Å²) in [7, 11) is -2.05. The van der Waals surface area contributed by atoms with Gasteiger partial charge in [0.15, 0.2) is 0 Å². The zero-order valence-electron chi connectivity index (χ0n) is 15.9. The van der Waals surface area contributed by atoms with Crippen LogP contribution in [0.5, 0.6) is 5.75 Å². The quantitative estimate of drug-likeness (QED) is 0.798. The average Bonchev–Trinajstić information content (AvgIpc) is 2.74. The highest BCUT2D eigenvalue weighted by Gasteiger charge is 2.27. The SMILES string of the molecule is COc1ccc([C@H](C)NC(=O)c2cccc(S(=O)(=O)N3CCOCC3)c2)cc1. The molecule has 2 aromatic carbocycles. The molecule has 3 rings (SSSR count).